The van der Waals surface area contributed by atoms with Crippen molar-refractivity contribution in [2.45, 2.75) is 25.9 Å². The molecule has 1 atom stereocenters. The molecule has 2 heterocycles. The lowest BCUT2D eigenvalue weighted by Crippen LogP contribution is -2.12. The molecule has 1 unspecified atom stereocenters. The molecule has 1 N–H and O–H groups in total. The molecule has 0 aliphatic rings. The Balaban J connectivity index is 1.93. The first-order valence-corrected chi connectivity index (χ1v) is 7.90. The standard InChI is InChI=1S/C16H13ClF3N5O/c1-8(11-4-3-10(5-12(11)17)16(18,19)20)13-7-25(24-23-13)14-6-15(26)22-9(2)21-14/h3-8H,1-2H3,(H,21,22,26). The minimum absolute atomic E-state index is 0.00741. The average Bonchev–Trinajstić information content (AvgIpc) is 3.02. The molecule has 0 aliphatic heterocycles. The van der Waals surface area contributed by atoms with Gasteiger partial charge in [-0.15, -0.1) is 5.10 Å². The summed E-state index contributed by atoms with van der Waals surface area (Å²) in [6.45, 7) is 3.38. The van der Waals surface area contributed by atoms with Crippen molar-refractivity contribution in [2.24, 2.45) is 0 Å². The van der Waals surface area contributed by atoms with Crippen LogP contribution in [0.15, 0.2) is 35.3 Å². The number of rotatable bonds is 3. The van der Waals surface area contributed by atoms with E-state index in [2.05, 4.69) is 20.3 Å². The van der Waals surface area contributed by atoms with Crippen LogP contribution in [-0.4, -0.2) is 25.0 Å². The second-order valence-corrected chi connectivity index (χ2v) is 6.14. The maximum absolute atomic E-state index is 12.8. The van der Waals surface area contributed by atoms with Gasteiger partial charge in [-0.3, -0.25) is 4.79 Å². The van der Waals surface area contributed by atoms with Crippen LogP contribution in [0.1, 0.15) is 35.5 Å². The summed E-state index contributed by atoms with van der Waals surface area (Å²) in [6.07, 6.45) is -2.90. The van der Waals surface area contributed by atoms with E-state index in [0.717, 1.165) is 12.1 Å². The molecule has 1 aromatic carbocycles. The Kier molecular flexibility index (Phi) is 4.57. The van der Waals surface area contributed by atoms with Crippen molar-refractivity contribution in [2.75, 3.05) is 0 Å². The topological polar surface area (TPSA) is 76.5 Å². The van der Waals surface area contributed by atoms with E-state index in [-0.39, 0.29) is 16.4 Å². The lowest BCUT2D eigenvalue weighted by molar-refractivity contribution is -0.137. The summed E-state index contributed by atoms with van der Waals surface area (Å²) in [4.78, 5) is 18.2. The molecular weight excluding hydrogens is 371 g/mol. The maximum Gasteiger partial charge on any atom is 0.416 e. The molecule has 0 radical (unpaired) electrons. The van der Waals surface area contributed by atoms with Gasteiger partial charge in [-0.25, -0.2) is 9.67 Å². The van der Waals surface area contributed by atoms with Crippen LogP contribution >= 0.6 is 11.6 Å². The number of hydrogen-bond acceptors (Lipinski definition) is 4. The third kappa shape index (κ3) is 3.62. The molecule has 0 amide bonds. The van der Waals surface area contributed by atoms with Crippen molar-refractivity contribution < 1.29 is 13.2 Å². The molecule has 0 aliphatic carbocycles. The van der Waals surface area contributed by atoms with Crippen molar-refractivity contribution in [3.05, 3.63) is 68.5 Å². The first kappa shape index (κ1) is 18.1. The SMILES string of the molecule is Cc1nc(-n2cc(C(C)c3ccc(C(F)(F)F)cc3Cl)nn2)cc(=O)[nH]1. The fraction of sp³-hybridized carbons (Fsp3) is 0.250. The fourth-order valence-electron chi connectivity index (χ4n) is 2.48. The highest BCUT2D eigenvalue weighted by atomic mass is 35.5. The van der Waals surface area contributed by atoms with E-state index in [0.29, 0.717) is 17.1 Å². The number of benzene rings is 1. The molecule has 0 fully saturated rings. The van der Waals surface area contributed by atoms with Crippen molar-refractivity contribution in [1.82, 2.24) is 25.0 Å². The van der Waals surface area contributed by atoms with Crippen LogP contribution in [0.25, 0.3) is 5.82 Å². The minimum Gasteiger partial charge on any atom is -0.311 e. The first-order chi connectivity index (χ1) is 12.1. The summed E-state index contributed by atoms with van der Waals surface area (Å²) in [6, 6.07) is 4.45. The van der Waals surface area contributed by atoms with Gasteiger partial charge in [0.2, 0.25) is 0 Å². The van der Waals surface area contributed by atoms with Crippen molar-refractivity contribution >= 4 is 11.6 Å². The Hall–Kier alpha value is -2.68. The number of aromatic nitrogens is 5. The smallest absolute Gasteiger partial charge is 0.311 e. The van der Waals surface area contributed by atoms with E-state index < -0.39 is 17.7 Å². The summed E-state index contributed by atoms with van der Waals surface area (Å²) < 4.78 is 39.6. The predicted molar refractivity (Wildman–Crippen MR) is 88.5 cm³/mol. The maximum atomic E-state index is 12.8. The van der Waals surface area contributed by atoms with Gasteiger partial charge in [-0.05, 0) is 24.6 Å². The Labute approximate surface area is 150 Å². The molecular formula is C16H13ClF3N5O. The molecule has 0 bridgehead atoms. The van der Waals surface area contributed by atoms with Crippen LogP contribution in [0, 0.1) is 6.92 Å². The van der Waals surface area contributed by atoms with E-state index >= 15 is 0 Å². The summed E-state index contributed by atoms with van der Waals surface area (Å²) >= 11 is 6.03. The molecule has 136 valence electrons. The van der Waals surface area contributed by atoms with Crippen LogP contribution in [0.2, 0.25) is 5.02 Å². The second kappa shape index (κ2) is 6.56. The monoisotopic (exact) mass is 383 g/mol. The third-order valence-electron chi connectivity index (χ3n) is 3.83. The Morgan fingerprint density at radius 1 is 1.27 bits per heavy atom. The Morgan fingerprint density at radius 2 is 2.00 bits per heavy atom. The predicted octanol–water partition coefficient (Wildman–Crippen LogP) is 3.48. The molecule has 0 saturated heterocycles. The highest BCUT2D eigenvalue weighted by Gasteiger charge is 2.31. The second-order valence-electron chi connectivity index (χ2n) is 5.73. The lowest BCUT2D eigenvalue weighted by atomic mass is 9.97. The van der Waals surface area contributed by atoms with Crippen LogP contribution < -0.4 is 5.56 Å². The van der Waals surface area contributed by atoms with Crippen LogP contribution in [0.5, 0.6) is 0 Å². The number of alkyl halides is 3. The van der Waals surface area contributed by atoms with E-state index in [4.69, 9.17) is 11.6 Å². The molecule has 3 aromatic rings. The van der Waals surface area contributed by atoms with Crippen LogP contribution in [-0.2, 0) is 6.18 Å². The van der Waals surface area contributed by atoms with Gasteiger partial charge in [0.15, 0.2) is 5.82 Å². The summed E-state index contributed by atoms with van der Waals surface area (Å²) in [5.41, 5.74) is -0.179. The van der Waals surface area contributed by atoms with Crippen molar-refractivity contribution in [1.29, 1.82) is 0 Å². The molecule has 10 heteroatoms. The van der Waals surface area contributed by atoms with E-state index in [1.807, 2.05) is 0 Å². The van der Waals surface area contributed by atoms with E-state index in [9.17, 15) is 18.0 Å². The summed E-state index contributed by atoms with van der Waals surface area (Å²) in [7, 11) is 0. The molecule has 26 heavy (non-hydrogen) atoms. The number of aromatic amines is 1. The van der Waals surface area contributed by atoms with E-state index in [1.54, 1.807) is 20.0 Å². The van der Waals surface area contributed by atoms with Gasteiger partial charge in [0.1, 0.15) is 5.82 Å². The van der Waals surface area contributed by atoms with Crippen LogP contribution in [0.4, 0.5) is 13.2 Å². The highest BCUT2D eigenvalue weighted by molar-refractivity contribution is 6.31. The third-order valence-corrected chi connectivity index (χ3v) is 4.16. The van der Waals surface area contributed by atoms with Crippen LogP contribution in [0.3, 0.4) is 0 Å². The normalized spacial score (nSPS) is 13.0. The number of nitrogens with one attached hydrogen (secondary N) is 1. The van der Waals surface area contributed by atoms with E-state index in [1.165, 1.54) is 16.8 Å². The highest BCUT2D eigenvalue weighted by Crippen LogP contribution is 2.35. The number of hydrogen-bond donors (Lipinski definition) is 1. The van der Waals surface area contributed by atoms with Crippen molar-refractivity contribution in [3.63, 3.8) is 0 Å². The molecule has 6 nitrogen and oxygen atoms in total. The largest absolute Gasteiger partial charge is 0.416 e. The number of halogens is 4. The average molecular weight is 384 g/mol. The van der Waals surface area contributed by atoms with Gasteiger partial charge in [-0.1, -0.05) is 29.8 Å². The van der Waals surface area contributed by atoms with Crippen molar-refractivity contribution in [3.8, 4) is 5.82 Å². The Morgan fingerprint density at radius 3 is 2.62 bits per heavy atom. The number of nitrogens with zero attached hydrogens (tertiary/aromatic N) is 4. The zero-order chi connectivity index (χ0) is 19.1. The summed E-state index contributed by atoms with van der Waals surface area (Å²) in [5, 5.41) is 7.94. The zero-order valence-electron chi connectivity index (χ0n) is 13.7. The van der Waals surface area contributed by atoms with Gasteiger partial charge in [0.25, 0.3) is 5.56 Å². The fourth-order valence-corrected chi connectivity index (χ4v) is 2.83. The van der Waals surface area contributed by atoms with Gasteiger partial charge in [0, 0.05) is 17.0 Å². The first-order valence-electron chi connectivity index (χ1n) is 7.52. The number of aryl methyl sites for hydroxylation is 1. The summed E-state index contributed by atoms with van der Waals surface area (Å²) in [5.74, 6) is 0.306. The molecule has 0 saturated carbocycles. The molecule has 2 aromatic heterocycles. The lowest BCUT2D eigenvalue weighted by Gasteiger charge is -2.13. The number of H-pyrrole nitrogens is 1. The van der Waals surface area contributed by atoms with Gasteiger partial charge in [-0.2, -0.15) is 13.2 Å². The van der Waals surface area contributed by atoms with Gasteiger partial charge < -0.3 is 4.98 Å². The Bertz CT molecular complexity index is 1010. The quantitative estimate of drug-likeness (QED) is 0.751. The minimum atomic E-state index is -4.46. The molecule has 3 rings (SSSR count). The van der Waals surface area contributed by atoms with Gasteiger partial charge >= 0.3 is 6.18 Å². The molecule has 0 spiro atoms. The zero-order valence-corrected chi connectivity index (χ0v) is 14.4. The van der Waals surface area contributed by atoms with Gasteiger partial charge in [0.05, 0.1) is 17.5 Å².